The van der Waals surface area contributed by atoms with Gasteiger partial charge in [-0.2, -0.15) is 0 Å². The van der Waals surface area contributed by atoms with E-state index in [4.69, 9.17) is 0 Å². The summed E-state index contributed by atoms with van der Waals surface area (Å²) in [6.45, 7) is 0. The molecule has 11 aromatic rings. The first-order chi connectivity index (χ1) is 26.3. The Balaban J connectivity index is 1.18. The molecule has 53 heavy (non-hydrogen) atoms. The van der Waals surface area contributed by atoms with Crippen molar-refractivity contribution in [2.24, 2.45) is 0 Å². The van der Waals surface area contributed by atoms with Crippen LogP contribution in [0.5, 0.6) is 0 Å². The van der Waals surface area contributed by atoms with Crippen LogP contribution >= 0.6 is 11.3 Å². The number of hydrogen-bond donors (Lipinski definition) is 0. The maximum absolute atomic E-state index is 2.47. The third kappa shape index (κ3) is 4.71. The summed E-state index contributed by atoms with van der Waals surface area (Å²) in [5.41, 5.74) is 9.40. The van der Waals surface area contributed by atoms with Crippen molar-refractivity contribution < 1.29 is 0 Å². The van der Waals surface area contributed by atoms with Crippen molar-refractivity contribution in [2.75, 3.05) is 4.90 Å². The Bertz CT molecular complexity index is 3160. The zero-order chi connectivity index (χ0) is 34.9. The van der Waals surface area contributed by atoms with Crippen molar-refractivity contribution in [3.8, 4) is 16.8 Å². The largest absolute Gasteiger partial charge is 0.309 e. The first-order valence-corrected chi connectivity index (χ1v) is 18.9. The molecular weight excluding hydrogens is 661 g/mol. The molecule has 3 heteroatoms. The second-order valence-electron chi connectivity index (χ2n) is 13.7. The van der Waals surface area contributed by atoms with E-state index in [1.807, 2.05) is 11.3 Å². The molecule has 0 radical (unpaired) electrons. The van der Waals surface area contributed by atoms with Gasteiger partial charge >= 0.3 is 0 Å². The Labute approximate surface area is 311 Å². The van der Waals surface area contributed by atoms with Crippen LogP contribution in [0.25, 0.3) is 80.3 Å². The Morgan fingerprint density at radius 1 is 0.415 bits per heavy atom. The molecule has 0 saturated heterocycles. The van der Waals surface area contributed by atoms with Gasteiger partial charge in [-0.25, -0.2) is 0 Å². The number of aromatic nitrogens is 1. The number of benzene rings is 9. The first kappa shape index (κ1) is 30.0. The molecule has 2 aromatic heterocycles. The SMILES string of the molecule is c1ccc(-c2ccc(-n3c4cc(N(c5ccccc5)c5cccc6c5sc5ccc7ccccc7c56)ccc4c4ccc5ccccc5c43)cc2)cc1. The lowest BCUT2D eigenvalue weighted by atomic mass is 10.0. The maximum atomic E-state index is 2.47. The monoisotopic (exact) mass is 692 g/mol. The fourth-order valence-corrected chi connectivity index (χ4v) is 9.56. The lowest BCUT2D eigenvalue weighted by Gasteiger charge is -2.26. The van der Waals surface area contributed by atoms with Crippen LogP contribution in [0.4, 0.5) is 17.1 Å². The fraction of sp³-hybridized carbons (Fsp3) is 0. The minimum atomic E-state index is 1.12. The number of rotatable bonds is 5. The smallest absolute Gasteiger partial charge is 0.0640 e. The highest BCUT2D eigenvalue weighted by Gasteiger charge is 2.22. The lowest BCUT2D eigenvalue weighted by molar-refractivity contribution is 1.18. The molecule has 0 aliphatic carbocycles. The van der Waals surface area contributed by atoms with Crippen molar-refractivity contribution in [3.05, 3.63) is 194 Å². The third-order valence-electron chi connectivity index (χ3n) is 10.7. The predicted octanol–water partition coefficient (Wildman–Crippen LogP) is 14.6. The Kier molecular flexibility index (Phi) is 6.76. The van der Waals surface area contributed by atoms with Gasteiger partial charge in [0.1, 0.15) is 0 Å². The summed E-state index contributed by atoms with van der Waals surface area (Å²) in [4.78, 5) is 2.44. The number of anilines is 3. The fourth-order valence-electron chi connectivity index (χ4n) is 8.34. The average Bonchev–Trinajstić information content (AvgIpc) is 3.78. The van der Waals surface area contributed by atoms with E-state index in [0.29, 0.717) is 0 Å². The summed E-state index contributed by atoms with van der Waals surface area (Å²) in [6.07, 6.45) is 0. The van der Waals surface area contributed by atoms with Crippen LogP contribution in [0.3, 0.4) is 0 Å². The van der Waals surface area contributed by atoms with E-state index < -0.39 is 0 Å². The molecule has 0 saturated carbocycles. The van der Waals surface area contributed by atoms with E-state index in [0.717, 1.165) is 17.1 Å². The van der Waals surface area contributed by atoms with Gasteiger partial charge in [0.05, 0.1) is 21.4 Å². The quantitative estimate of drug-likeness (QED) is 0.174. The van der Waals surface area contributed by atoms with Crippen LogP contribution in [0.15, 0.2) is 194 Å². The number of nitrogens with zero attached hydrogens (tertiary/aromatic N) is 2. The lowest BCUT2D eigenvalue weighted by Crippen LogP contribution is -2.10. The van der Waals surface area contributed by atoms with Gasteiger partial charge in [0.15, 0.2) is 0 Å². The molecule has 9 aromatic carbocycles. The normalized spacial score (nSPS) is 11.8. The van der Waals surface area contributed by atoms with Gasteiger partial charge in [0, 0.05) is 48.7 Å². The molecule has 0 atom stereocenters. The summed E-state index contributed by atoms with van der Waals surface area (Å²) >= 11 is 1.88. The molecule has 2 nitrogen and oxygen atoms in total. The Morgan fingerprint density at radius 3 is 1.87 bits per heavy atom. The van der Waals surface area contributed by atoms with Gasteiger partial charge in [-0.05, 0) is 75.8 Å². The predicted molar refractivity (Wildman–Crippen MR) is 229 cm³/mol. The van der Waals surface area contributed by atoms with Gasteiger partial charge in [-0.1, -0.05) is 146 Å². The second kappa shape index (κ2) is 11.9. The standard InChI is InChI=1S/C50H32N2S/c1-3-12-33(13-4-1)34-22-26-38(27-23-34)52-46-32-39(28-30-42(46)43-29-24-36-15-8-10-19-41(36)49(43)52)51(37-16-5-2-6-17-37)45-21-11-20-44-48-40-18-9-7-14-35(40)25-31-47(48)53-50(44)45/h1-32H. The van der Waals surface area contributed by atoms with Crippen molar-refractivity contribution in [1.29, 1.82) is 0 Å². The van der Waals surface area contributed by atoms with E-state index >= 15 is 0 Å². The first-order valence-electron chi connectivity index (χ1n) is 18.1. The molecular formula is C50H32N2S. The van der Waals surface area contributed by atoms with Gasteiger partial charge in [0.25, 0.3) is 0 Å². The Hall–Kier alpha value is -6.68. The van der Waals surface area contributed by atoms with Gasteiger partial charge in [-0.15, -0.1) is 11.3 Å². The summed E-state index contributed by atoms with van der Waals surface area (Å²) < 4.78 is 5.06. The molecule has 0 aliphatic heterocycles. The minimum Gasteiger partial charge on any atom is -0.309 e. The van der Waals surface area contributed by atoms with Crippen LogP contribution in [-0.2, 0) is 0 Å². The summed E-state index contributed by atoms with van der Waals surface area (Å²) in [5.74, 6) is 0. The molecule has 0 unspecified atom stereocenters. The molecule has 0 fully saturated rings. The van der Waals surface area contributed by atoms with Crippen LogP contribution < -0.4 is 4.90 Å². The zero-order valence-corrected chi connectivity index (χ0v) is 29.6. The Morgan fingerprint density at radius 2 is 1.06 bits per heavy atom. The maximum Gasteiger partial charge on any atom is 0.0640 e. The van der Waals surface area contributed by atoms with Crippen LogP contribution in [0.1, 0.15) is 0 Å². The third-order valence-corrected chi connectivity index (χ3v) is 11.9. The zero-order valence-electron chi connectivity index (χ0n) is 28.8. The number of thiophene rings is 1. The van der Waals surface area contributed by atoms with E-state index in [1.165, 1.54) is 80.3 Å². The van der Waals surface area contributed by atoms with E-state index in [2.05, 4.69) is 204 Å². The second-order valence-corrected chi connectivity index (χ2v) is 14.8. The van der Waals surface area contributed by atoms with E-state index in [1.54, 1.807) is 0 Å². The molecule has 0 N–H and O–H groups in total. The van der Waals surface area contributed by atoms with Crippen molar-refractivity contribution in [3.63, 3.8) is 0 Å². The highest BCUT2D eigenvalue weighted by Crippen LogP contribution is 2.47. The van der Waals surface area contributed by atoms with Crippen LogP contribution in [0, 0.1) is 0 Å². The molecule has 248 valence electrons. The number of hydrogen-bond acceptors (Lipinski definition) is 2. The summed E-state index contributed by atoms with van der Waals surface area (Å²) in [6, 6.07) is 70.9. The molecule has 0 amide bonds. The van der Waals surface area contributed by atoms with Crippen molar-refractivity contribution >= 4 is 91.9 Å². The molecule has 0 spiro atoms. The molecule has 0 bridgehead atoms. The van der Waals surface area contributed by atoms with Crippen molar-refractivity contribution in [2.45, 2.75) is 0 Å². The average molecular weight is 693 g/mol. The number of fused-ring (bicyclic) bond motifs is 10. The molecule has 0 aliphatic rings. The van der Waals surface area contributed by atoms with Crippen LogP contribution in [0.2, 0.25) is 0 Å². The van der Waals surface area contributed by atoms with Gasteiger partial charge < -0.3 is 9.47 Å². The van der Waals surface area contributed by atoms with Crippen LogP contribution in [-0.4, -0.2) is 4.57 Å². The van der Waals surface area contributed by atoms with Gasteiger partial charge in [-0.3, -0.25) is 0 Å². The molecule has 11 rings (SSSR count). The topological polar surface area (TPSA) is 8.17 Å². The molecule has 2 heterocycles. The highest BCUT2D eigenvalue weighted by molar-refractivity contribution is 7.26. The van der Waals surface area contributed by atoms with E-state index in [9.17, 15) is 0 Å². The highest BCUT2D eigenvalue weighted by atomic mass is 32.1. The van der Waals surface area contributed by atoms with Crippen molar-refractivity contribution in [1.82, 2.24) is 4.57 Å². The number of para-hydroxylation sites is 1. The van der Waals surface area contributed by atoms with E-state index in [-0.39, 0.29) is 0 Å². The summed E-state index contributed by atoms with van der Waals surface area (Å²) in [5, 5.41) is 10.2. The van der Waals surface area contributed by atoms with Gasteiger partial charge in [0.2, 0.25) is 0 Å². The minimum absolute atomic E-state index is 1.12. The summed E-state index contributed by atoms with van der Waals surface area (Å²) in [7, 11) is 0.